The zero-order valence-electron chi connectivity index (χ0n) is 8.75. The van der Waals surface area contributed by atoms with Gasteiger partial charge in [0.1, 0.15) is 0 Å². The fraction of sp³-hybridized carbons (Fsp3) is 0.364. The molecule has 1 aromatic rings. The Labute approximate surface area is 97.6 Å². The van der Waals surface area contributed by atoms with Crippen LogP contribution in [0.1, 0.15) is 22.8 Å². The summed E-state index contributed by atoms with van der Waals surface area (Å²) in [7, 11) is 0. The smallest absolute Gasteiger partial charge is 0.252 e. The number of halogens is 1. The lowest BCUT2D eigenvalue weighted by Crippen LogP contribution is -2.35. The van der Waals surface area contributed by atoms with Gasteiger partial charge in [-0.3, -0.25) is 4.79 Å². The van der Waals surface area contributed by atoms with Gasteiger partial charge >= 0.3 is 0 Å². The van der Waals surface area contributed by atoms with E-state index >= 15 is 0 Å². The van der Waals surface area contributed by atoms with E-state index < -0.39 is 0 Å². The van der Waals surface area contributed by atoms with E-state index in [4.69, 9.17) is 5.11 Å². The fourth-order valence-electron chi connectivity index (χ4n) is 1.15. The molecule has 0 unspecified atom stereocenters. The maximum absolute atomic E-state index is 11.7. The molecule has 15 heavy (non-hydrogen) atoms. The van der Waals surface area contributed by atoms with E-state index in [1.165, 1.54) is 0 Å². The molecule has 0 aliphatic rings. The lowest BCUT2D eigenvalue weighted by atomic mass is 10.1. The Bertz CT molecular complexity index is 366. The van der Waals surface area contributed by atoms with Crippen LogP contribution < -0.4 is 5.32 Å². The molecule has 1 amide bonds. The zero-order chi connectivity index (χ0) is 11.4. The molecule has 2 N–H and O–H groups in total. The quantitative estimate of drug-likeness (QED) is 0.882. The first-order valence-electron chi connectivity index (χ1n) is 4.72. The first-order valence-corrected chi connectivity index (χ1v) is 5.51. The van der Waals surface area contributed by atoms with Crippen molar-refractivity contribution in [2.45, 2.75) is 19.9 Å². The summed E-state index contributed by atoms with van der Waals surface area (Å²) in [5.74, 6) is -0.177. The number of aliphatic hydroxyl groups excluding tert-OH is 1. The van der Waals surface area contributed by atoms with Gasteiger partial charge in [0, 0.05) is 10.5 Å². The highest BCUT2D eigenvalue weighted by Gasteiger charge is 2.11. The van der Waals surface area contributed by atoms with Crippen molar-refractivity contribution in [1.82, 2.24) is 5.32 Å². The number of benzene rings is 1. The van der Waals surface area contributed by atoms with E-state index in [1.54, 1.807) is 13.0 Å². The zero-order valence-corrected chi connectivity index (χ0v) is 10.3. The van der Waals surface area contributed by atoms with Gasteiger partial charge in [0.15, 0.2) is 0 Å². The average Bonchev–Trinajstić information content (AvgIpc) is 2.17. The molecule has 0 spiro atoms. The summed E-state index contributed by atoms with van der Waals surface area (Å²) in [6.45, 7) is 3.65. The van der Waals surface area contributed by atoms with Gasteiger partial charge in [-0.15, -0.1) is 0 Å². The molecule has 3 nitrogen and oxygen atoms in total. The first kappa shape index (κ1) is 12.2. The van der Waals surface area contributed by atoms with Gasteiger partial charge in [0.05, 0.1) is 12.2 Å². The number of aryl methyl sites for hydroxylation is 1. The summed E-state index contributed by atoms with van der Waals surface area (Å²) in [4.78, 5) is 11.7. The monoisotopic (exact) mass is 271 g/mol. The third-order valence-corrected chi connectivity index (χ3v) is 2.68. The second kappa shape index (κ2) is 5.28. The molecule has 0 aliphatic carbocycles. The topological polar surface area (TPSA) is 49.3 Å². The van der Waals surface area contributed by atoms with Crippen LogP contribution in [0.2, 0.25) is 0 Å². The van der Waals surface area contributed by atoms with Gasteiger partial charge in [0.2, 0.25) is 0 Å². The number of rotatable bonds is 3. The Morgan fingerprint density at radius 2 is 2.27 bits per heavy atom. The van der Waals surface area contributed by atoms with Crippen LogP contribution >= 0.6 is 15.9 Å². The van der Waals surface area contributed by atoms with E-state index in [1.807, 2.05) is 19.1 Å². The third-order valence-electron chi connectivity index (χ3n) is 2.02. The molecular formula is C11H14BrNO2. The van der Waals surface area contributed by atoms with Crippen LogP contribution in [0.15, 0.2) is 22.7 Å². The number of hydrogen-bond donors (Lipinski definition) is 2. The minimum Gasteiger partial charge on any atom is -0.394 e. The van der Waals surface area contributed by atoms with Crippen LogP contribution in [-0.2, 0) is 0 Å². The molecule has 0 fully saturated rings. The van der Waals surface area contributed by atoms with E-state index in [0.29, 0.717) is 5.56 Å². The predicted octanol–water partition coefficient (Wildman–Crippen LogP) is 1.87. The Balaban J connectivity index is 2.82. The number of nitrogens with one attached hydrogen (secondary N) is 1. The van der Waals surface area contributed by atoms with E-state index in [2.05, 4.69) is 21.2 Å². The molecule has 0 bridgehead atoms. The standard InChI is InChI=1S/C11H14BrNO2/c1-7-3-4-9(10(12)5-7)11(15)13-8(2)6-14/h3-5,8,14H,6H2,1-2H3,(H,13,15)/t8-/m0/s1. The second-order valence-electron chi connectivity index (χ2n) is 3.54. The summed E-state index contributed by atoms with van der Waals surface area (Å²) in [5.41, 5.74) is 1.68. The highest BCUT2D eigenvalue weighted by atomic mass is 79.9. The molecule has 1 rings (SSSR count). The van der Waals surface area contributed by atoms with Crippen molar-refractivity contribution in [2.24, 2.45) is 0 Å². The molecule has 0 saturated heterocycles. The van der Waals surface area contributed by atoms with Crippen molar-refractivity contribution in [3.8, 4) is 0 Å². The largest absolute Gasteiger partial charge is 0.394 e. The molecular weight excluding hydrogens is 258 g/mol. The fourth-order valence-corrected chi connectivity index (χ4v) is 1.82. The van der Waals surface area contributed by atoms with Crippen LogP contribution in [0.5, 0.6) is 0 Å². The van der Waals surface area contributed by atoms with Gasteiger partial charge in [-0.05, 0) is 47.5 Å². The maximum atomic E-state index is 11.7. The molecule has 1 aromatic carbocycles. The predicted molar refractivity (Wildman–Crippen MR) is 62.9 cm³/mol. The Morgan fingerprint density at radius 1 is 1.60 bits per heavy atom. The van der Waals surface area contributed by atoms with E-state index in [0.717, 1.165) is 10.0 Å². The maximum Gasteiger partial charge on any atom is 0.252 e. The van der Waals surface area contributed by atoms with Gasteiger partial charge in [0.25, 0.3) is 5.91 Å². The summed E-state index contributed by atoms with van der Waals surface area (Å²) in [6.07, 6.45) is 0. The average molecular weight is 272 g/mol. The van der Waals surface area contributed by atoms with Gasteiger partial charge in [-0.25, -0.2) is 0 Å². The van der Waals surface area contributed by atoms with Crippen molar-refractivity contribution >= 4 is 21.8 Å². The Hall–Kier alpha value is -0.870. The summed E-state index contributed by atoms with van der Waals surface area (Å²) in [6, 6.07) is 5.30. The van der Waals surface area contributed by atoms with E-state index in [9.17, 15) is 4.79 Å². The summed E-state index contributed by atoms with van der Waals surface area (Å²) in [5, 5.41) is 11.5. The molecule has 4 heteroatoms. The summed E-state index contributed by atoms with van der Waals surface area (Å²) < 4.78 is 0.769. The number of amides is 1. The highest BCUT2D eigenvalue weighted by Crippen LogP contribution is 2.18. The molecule has 1 atom stereocenters. The Morgan fingerprint density at radius 3 is 2.80 bits per heavy atom. The highest BCUT2D eigenvalue weighted by molar-refractivity contribution is 9.10. The molecule has 82 valence electrons. The van der Waals surface area contributed by atoms with Crippen molar-refractivity contribution < 1.29 is 9.90 Å². The van der Waals surface area contributed by atoms with Crippen molar-refractivity contribution in [1.29, 1.82) is 0 Å². The number of aliphatic hydroxyl groups is 1. The molecule has 0 aliphatic heterocycles. The van der Waals surface area contributed by atoms with Crippen LogP contribution in [0.3, 0.4) is 0 Å². The van der Waals surface area contributed by atoms with Gasteiger partial charge in [-0.1, -0.05) is 6.07 Å². The van der Waals surface area contributed by atoms with Crippen LogP contribution in [0, 0.1) is 6.92 Å². The van der Waals surface area contributed by atoms with Crippen molar-refractivity contribution in [3.63, 3.8) is 0 Å². The van der Waals surface area contributed by atoms with Gasteiger partial charge in [-0.2, -0.15) is 0 Å². The second-order valence-corrected chi connectivity index (χ2v) is 4.39. The van der Waals surface area contributed by atoms with Crippen molar-refractivity contribution in [2.75, 3.05) is 6.61 Å². The van der Waals surface area contributed by atoms with Crippen LogP contribution in [0.4, 0.5) is 0 Å². The third kappa shape index (κ3) is 3.32. The first-order chi connectivity index (χ1) is 7.04. The number of carbonyl (C=O) groups excluding carboxylic acids is 1. The minimum atomic E-state index is -0.231. The molecule has 0 heterocycles. The van der Waals surface area contributed by atoms with Crippen LogP contribution in [-0.4, -0.2) is 23.7 Å². The molecule has 0 saturated carbocycles. The van der Waals surface area contributed by atoms with Crippen molar-refractivity contribution in [3.05, 3.63) is 33.8 Å². The summed E-state index contributed by atoms with van der Waals surface area (Å²) >= 11 is 3.34. The van der Waals surface area contributed by atoms with E-state index in [-0.39, 0.29) is 18.6 Å². The lowest BCUT2D eigenvalue weighted by molar-refractivity contribution is 0.0921. The SMILES string of the molecule is Cc1ccc(C(=O)N[C@@H](C)CO)c(Br)c1. The normalized spacial score (nSPS) is 12.3. The molecule has 0 radical (unpaired) electrons. The lowest BCUT2D eigenvalue weighted by Gasteiger charge is -2.11. The number of carbonyl (C=O) groups is 1. The molecule has 0 aromatic heterocycles. The minimum absolute atomic E-state index is 0.0603. The van der Waals surface area contributed by atoms with Crippen LogP contribution in [0.25, 0.3) is 0 Å². The van der Waals surface area contributed by atoms with Gasteiger partial charge < -0.3 is 10.4 Å². The number of hydrogen-bond acceptors (Lipinski definition) is 2. The Kier molecular flexibility index (Phi) is 4.29.